The second kappa shape index (κ2) is 6.27. The van der Waals surface area contributed by atoms with Gasteiger partial charge >= 0.3 is 0 Å². The summed E-state index contributed by atoms with van der Waals surface area (Å²) in [7, 11) is 0. The van der Waals surface area contributed by atoms with Crippen molar-refractivity contribution in [1.82, 2.24) is 0 Å². The first-order valence-electron chi connectivity index (χ1n) is 6.21. The van der Waals surface area contributed by atoms with Gasteiger partial charge in [-0.05, 0) is 24.6 Å². The van der Waals surface area contributed by atoms with Crippen molar-refractivity contribution in [2.24, 2.45) is 0 Å². The first-order chi connectivity index (χ1) is 9.63. The number of halogens is 1. The summed E-state index contributed by atoms with van der Waals surface area (Å²) in [6, 6.07) is 13.3. The average Bonchev–Trinajstić information content (AvgIpc) is 2.43. The molecule has 0 radical (unpaired) electrons. The summed E-state index contributed by atoms with van der Waals surface area (Å²) in [6.07, 6.45) is 0. The Bertz CT molecular complexity index is 696. The van der Waals surface area contributed by atoms with Crippen LogP contribution in [-0.2, 0) is 4.79 Å². The summed E-state index contributed by atoms with van der Waals surface area (Å²) >= 11 is 6.33. The predicted octanol–water partition coefficient (Wildman–Crippen LogP) is 4.34. The highest BCUT2D eigenvalue weighted by molar-refractivity contribution is 6.34. The van der Waals surface area contributed by atoms with E-state index in [4.69, 9.17) is 11.6 Å². The average molecular weight is 284 g/mol. The van der Waals surface area contributed by atoms with Gasteiger partial charge in [0.1, 0.15) is 0 Å². The Kier molecular flexibility index (Phi) is 4.45. The van der Waals surface area contributed by atoms with Gasteiger partial charge in [-0.1, -0.05) is 47.9 Å². The monoisotopic (exact) mass is 283 g/mol. The maximum atomic E-state index is 11.3. The molecule has 20 heavy (non-hydrogen) atoms. The van der Waals surface area contributed by atoms with Crippen molar-refractivity contribution in [3.8, 4) is 23.0 Å². The number of amides is 1. The molecule has 3 heteroatoms. The number of carbonyl (C=O) groups excluding carboxylic acids is 1. The van der Waals surface area contributed by atoms with Crippen molar-refractivity contribution < 1.29 is 4.79 Å². The van der Waals surface area contributed by atoms with E-state index in [1.165, 1.54) is 6.92 Å². The van der Waals surface area contributed by atoms with Crippen LogP contribution in [0.3, 0.4) is 0 Å². The highest BCUT2D eigenvalue weighted by Gasteiger charge is 2.13. The Morgan fingerprint density at radius 3 is 2.45 bits per heavy atom. The van der Waals surface area contributed by atoms with E-state index in [1.807, 2.05) is 30.3 Å². The number of rotatable bonds is 2. The fourth-order valence-electron chi connectivity index (χ4n) is 2.01. The summed E-state index contributed by atoms with van der Waals surface area (Å²) in [5.41, 5.74) is 3.23. The van der Waals surface area contributed by atoms with E-state index in [0.29, 0.717) is 10.7 Å². The number of hydrogen-bond acceptors (Lipinski definition) is 1. The van der Waals surface area contributed by atoms with Crippen LogP contribution in [0.25, 0.3) is 11.1 Å². The number of hydrogen-bond donors (Lipinski definition) is 1. The summed E-state index contributed by atoms with van der Waals surface area (Å²) in [6.45, 7) is 3.23. The predicted molar refractivity (Wildman–Crippen MR) is 83.7 cm³/mol. The van der Waals surface area contributed by atoms with Crippen LogP contribution < -0.4 is 5.32 Å². The lowest BCUT2D eigenvalue weighted by molar-refractivity contribution is -0.114. The van der Waals surface area contributed by atoms with E-state index < -0.39 is 0 Å². The van der Waals surface area contributed by atoms with Gasteiger partial charge in [0.05, 0.1) is 11.3 Å². The Morgan fingerprint density at radius 2 is 1.85 bits per heavy atom. The van der Waals surface area contributed by atoms with Crippen molar-refractivity contribution in [3.63, 3.8) is 0 Å². The molecule has 2 aromatic rings. The molecule has 2 nitrogen and oxygen atoms in total. The fraction of sp³-hybridized carbons (Fsp3) is 0.118. The minimum absolute atomic E-state index is 0.134. The van der Waals surface area contributed by atoms with Crippen LogP contribution in [0.1, 0.15) is 19.4 Å². The summed E-state index contributed by atoms with van der Waals surface area (Å²) < 4.78 is 0. The summed E-state index contributed by atoms with van der Waals surface area (Å²) in [5.74, 6) is 5.78. The van der Waals surface area contributed by atoms with Crippen LogP contribution >= 0.6 is 11.6 Å². The largest absolute Gasteiger partial charge is 0.325 e. The lowest BCUT2D eigenvalue weighted by atomic mass is 9.98. The third-order valence-electron chi connectivity index (χ3n) is 2.78. The Hall–Kier alpha value is -2.24. The van der Waals surface area contributed by atoms with Gasteiger partial charge in [-0.15, -0.1) is 5.92 Å². The molecule has 0 aliphatic carbocycles. The van der Waals surface area contributed by atoms with E-state index in [-0.39, 0.29) is 5.91 Å². The van der Waals surface area contributed by atoms with Crippen LogP contribution in [0, 0.1) is 11.8 Å². The zero-order chi connectivity index (χ0) is 14.5. The van der Waals surface area contributed by atoms with Gasteiger partial charge in [-0.3, -0.25) is 4.79 Å². The number of anilines is 1. The van der Waals surface area contributed by atoms with Crippen molar-refractivity contribution in [1.29, 1.82) is 0 Å². The molecular formula is C17H14ClNO. The summed E-state index contributed by atoms with van der Waals surface area (Å²) in [4.78, 5) is 11.3. The molecule has 0 saturated carbocycles. The van der Waals surface area contributed by atoms with Gasteiger partial charge in [-0.2, -0.15) is 0 Å². The van der Waals surface area contributed by atoms with E-state index >= 15 is 0 Å². The van der Waals surface area contributed by atoms with Crippen molar-refractivity contribution >= 4 is 23.2 Å². The highest BCUT2D eigenvalue weighted by atomic mass is 35.5. The van der Waals surface area contributed by atoms with E-state index in [9.17, 15) is 4.79 Å². The lowest BCUT2D eigenvalue weighted by Gasteiger charge is -2.13. The van der Waals surface area contributed by atoms with Crippen LogP contribution in [0.15, 0.2) is 42.5 Å². The SMILES string of the molecule is CC#Cc1c(NC(C)=O)ccc(Cl)c1-c1ccccc1. The molecule has 0 aromatic heterocycles. The molecule has 2 rings (SSSR count). The molecule has 1 N–H and O–H groups in total. The number of benzene rings is 2. The van der Waals surface area contributed by atoms with Crippen molar-refractivity contribution in [2.75, 3.05) is 5.32 Å². The molecule has 0 unspecified atom stereocenters. The molecule has 2 aromatic carbocycles. The standard InChI is InChI=1S/C17H14ClNO/c1-3-7-14-16(19-12(2)20)11-10-15(18)17(14)13-8-5-4-6-9-13/h4-6,8-11H,1-2H3,(H,19,20). The zero-order valence-electron chi connectivity index (χ0n) is 11.3. The molecule has 0 spiro atoms. The maximum Gasteiger partial charge on any atom is 0.221 e. The Balaban J connectivity index is 2.70. The second-order valence-corrected chi connectivity index (χ2v) is 4.67. The van der Waals surface area contributed by atoms with Gasteiger partial charge in [0, 0.05) is 17.5 Å². The molecule has 0 atom stereocenters. The van der Waals surface area contributed by atoms with Gasteiger partial charge < -0.3 is 5.32 Å². The number of nitrogens with one attached hydrogen (secondary N) is 1. The second-order valence-electron chi connectivity index (χ2n) is 4.27. The third-order valence-corrected chi connectivity index (χ3v) is 3.09. The molecule has 0 bridgehead atoms. The minimum atomic E-state index is -0.134. The smallest absolute Gasteiger partial charge is 0.221 e. The minimum Gasteiger partial charge on any atom is -0.325 e. The molecule has 0 aliphatic heterocycles. The van der Waals surface area contributed by atoms with Crippen LogP contribution in [-0.4, -0.2) is 5.91 Å². The first-order valence-corrected chi connectivity index (χ1v) is 6.59. The maximum absolute atomic E-state index is 11.3. The van der Waals surface area contributed by atoms with Crippen molar-refractivity contribution in [3.05, 3.63) is 53.1 Å². The first kappa shape index (κ1) is 14.2. The normalized spacial score (nSPS) is 9.55. The molecule has 1 amide bonds. The summed E-state index contributed by atoms with van der Waals surface area (Å²) in [5, 5.41) is 3.41. The lowest BCUT2D eigenvalue weighted by Crippen LogP contribution is -2.08. The molecule has 0 heterocycles. The van der Waals surface area contributed by atoms with Gasteiger partial charge in [0.15, 0.2) is 0 Å². The van der Waals surface area contributed by atoms with Crippen LogP contribution in [0.4, 0.5) is 5.69 Å². The topological polar surface area (TPSA) is 29.1 Å². The van der Waals surface area contributed by atoms with E-state index in [2.05, 4.69) is 17.2 Å². The van der Waals surface area contributed by atoms with Crippen LogP contribution in [0.5, 0.6) is 0 Å². The zero-order valence-corrected chi connectivity index (χ0v) is 12.1. The van der Waals surface area contributed by atoms with Crippen LogP contribution in [0.2, 0.25) is 5.02 Å². The van der Waals surface area contributed by atoms with Crippen molar-refractivity contribution in [2.45, 2.75) is 13.8 Å². The highest BCUT2D eigenvalue weighted by Crippen LogP contribution is 2.35. The van der Waals surface area contributed by atoms with Gasteiger partial charge in [0.25, 0.3) is 0 Å². The molecule has 0 fully saturated rings. The molecular weight excluding hydrogens is 270 g/mol. The Morgan fingerprint density at radius 1 is 1.15 bits per heavy atom. The number of carbonyl (C=O) groups is 1. The van der Waals surface area contributed by atoms with E-state index in [0.717, 1.165) is 16.7 Å². The van der Waals surface area contributed by atoms with E-state index in [1.54, 1.807) is 19.1 Å². The fourth-order valence-corrected chi connectivity index (χ4v) is 2.28. The molecule has 100 valence electrons. The third kappa shape index (κ3) is 3.01. The molecule has 0 saturated heterocycles. The Labute approximate surface area is 123 Å². The van der Waals surface area contributed by atoms with Gasteiger partial charge in [0.2, 0.25) is 5.91 Å². The van der Waals surface area contributed by atoms with Gasteiger partial charge in [-0.25, -0.2) is 0 Å². The quantitative estimate of drug-likeness (QED) is 0.816. The molecule has 0 aliphatic rings.